The summed E-state index contributed by atoms with van der Waals surface area (Å²) in [6.45, 7) is 51.0. The van der Waals surface area contributed by atoms with Crippen LogP contribution < -0.4 is 31.9 Å². The number of unbranched alkanes of at least 4 members (excludes halogenated alkanes) is 6. The van der Waals surface area contributed by atoms with Crippen molar-refractivity contribution in [1.29, 1.82) is 0 Å². The molecule has 4 aliphatic rings. The van der Waals surface area contributed by atoms with E-state index in [9.17, 15) is 38.4 Å². The van der Waals surface area contributed by atoms with Gasteiger partial charge in [-0.1, -0.05) is 313 Å². The second kappa shape index (κ2) is 48.1. The molecule has 140 heavy (non-hydrogen) atoms. The van der Waals surface area contributed by atoms with Crippen molar-refractivity contribution in [3.05, 3.63) is 281 Å². The van der Waals surface area contributed by atoms with E-state index in [0.29, 0.717) is 106 Å². The second-order valence-electron chi connectivity index (χ2n) is 46.3. The van der Waals surface area contributed by atoms with E-state index >= 15 is 0 Å². The summed E-state index contributed by atoms with van der Waals surface area (Å²) >= 11 is 0. The van der Waals surface area contributed by atoms with E-state index < -0.39 is 11.8 Å². The van der Waals surface area contributed by atoms with E-state index in [1.165, 1.54) is 128 Å². The number of Topliss-reactive ketones (excluding diaryl/α,β-unsaturated/α-hetero) is 2. The van der Waals surface area contributed by atoms with E-state index in [4.69, 9.17) is 0 Å². The van der Waals surface area contributed by atoms with Gasteiger partial charge < -0.3 is 31.9 Å². The van der Waals surface area contributed by atoms with E-state index in [0.717, 1.165) is 79.2 Å². The maximum atomic E-state index is 13.9. The molecule has 2 atom stereocenters. The van der Waals surface area contributed by atoms with Crippen LogP contribution in [0.25, 0.3) is 46.6 Å². The molecule has 2 unspecified atom stereocenters. The van der Waals surface area contributed by atoms with Crippen molar-refractivity contribution in [3.8, 4) is 0 Å². The van der Waals surface area contributed by atoms with Crippen molar-refractivity contribution in [2.75, 3.05) is 39.8 Å². The molecule has 0 spiro atoms. The number of hydrogen-bond acceptors (Lipinski definition) is 8. The molecule has 12 rings (SSSR count). The SMILES string of the molecule is CCCCCNC(=O)C(CCCCNC(=O)c1ccc(/C=C(\C)c2ccc3c(c2)C(C)(C)CCC3(C)C)cc1)CC(=O)c1ccc(/C=C(\C)c2ccc3c(c2)C(C)(C)CCC3(C)C)cc1.CNC(=O)CCCC(=O)NCCCCCNC(=O)C(CCCCNC(=O)c1ccc(/C=C(\C)c2ccc3c(c2)C(C)(C)CCC3(C)C)cc1)CC(=O)c1ccc(/C=C(\C)c2ccc3c(c2)C(C)(C)CCC3(C)C)cc1. The minimum Gasteiger partial charge on any atom is -0.359 e. The van der Waals surface area contributed by atoms with Crippen LogP contribution >= 0.6 is 0 Å². The highest BCUT2D eigenvalue weighted by atomic mass is 16.2. The van der Waals surface area contributed by atoms with Crippen LogP contribution in [0.3, 0.4) is 0 Å². The molecule has 0 radical (unpaired) electrons. The number of allylic oxidation sites excluding steroid dienone is 4. The molecule has 0 aliphatic heterocycles. The Morgan fingerprint density at radius 3 is 0.800 bits per heavy atom. The molecule has 6 N–H and O–H groups in total. The van der Waals surface area contributed by atoms with Gasteiger partial charge in [-0.15, -0.1) is 0 Å². The first-order chi connectivity index (χ1) is 66.2. The van der Waals surface area contributed by atoms with E-state index in [1.807, 2.05) is 97.1 Å². The minimum atomic E-state index is -0.522. The molecule has 0 bridgehead atoms. The normalized spacial score (nSPS) is 17.1. The molecular formula is C126H166N6O8. The summed E-state index contributed by atoms with van der Waals surface area (Å²) in [6.07, 6.45) is 28.8. The molecule has 14 nitrogen and oxygen atoms in total. The zero-order chi connectivity index (χ0) is 102. The maximum Gasteiger partial charge on any atom is 0.251 e. The van der Waals surface area contributed by atoms with Crippen LogP contribution in [-0.2, 0) is 62.5 Å². The average Bonchev–Trinajstić information content (AvgIpc) is 0.765. The van der Waals surface area contributed by atoms with Gasteiger partial charge in [0.15, 0.2) is 11.6 Å². The first-order valence-electron chi connectivity index (χ1n) is 52.6. The van der Waals surface area contributed by atoms with Gasteiger partial charge in [0, 0.05) is 99.5 Å². The molecule has 0 heterocycles. The van der Waals surface area contributed by atoms with Gasteiger partial charge >= 0.3 is 0 Å². The molecule has 14 heteroatoms. The molecule has 0 saturated heterocycles. The number of benzene rings is 8. The number of amides is 6. The Hall–Kier alpha value is -11.1. The van der Waals surface area contributed by atoms with Gasteiger partial charge in [-0.2, -0.15) is 0 Å². The number of nitrogens with one attached hydrogen (secondary N) is 6. The fourth-order valence-corrected chi connectivity index (χ4v) is 21.0. The first kappa shape index (κ1) is 109. The Bertz CT molecular complexity index is 5820. The quantitative estimate of drug-likeness (QED) is 0.0123. The third kappa shape index (κ3) is 29.5. The van der Waals surface area contributed by atoms with Crippen molar-refractivity contribution in [2.45, 2.75) is 349 Å². The number of carbonyl (C=O) groups excluding carboxylic acids is 8. The van der Waals surface area contributed by atoms with Crippen LogP contribution in [0.15, 0.2) is 170 Å². The van der Waals surface area contributed by atoms with Crippen LogP contribution in [-0.4, -0.2) is 86.8 Å². The largest absolute Gasteiger partial charge is 0.359 e. The summed E-state index contributed by atoms with van der Waals surface area (Å²) in [5.41, 5.74) is 29.0. The Morgan fingerprint density at radius 2 is 0.514 bits per heavy atom. The molecular weight excluding hydrogens is 1730 g/mol. The van der Waals surface area contributed by atoms with Crippen LogP contribution in [0.1, 0.15) is 436 Å². The van der Waals surface area contributed by atoms with Crippen LogP contribution in [0.5, 0.6) is 0 Å². The lowest BCUT2D eigenvalue weighted by Crippen LogP contribution is -2.33. The van der Waals surface area contributed by atoms with E-state index in [-0.39, 0.29) is 103 Å². The van der Waals surface area contributed by atoms with E-state index in [1.54, 1.807) is 7.05 Å². The zero-order valence-electron chi connectivity index (χ0n) is 89.1. The third-order valence-electron chi connectivity index (χ3n) is 31.4. The molecule has 8 aromatic carbocycles. The topological polar surface area (TPSA) is 209 Å². The standard InChI is InChI=1S/C66H88N4O5.C60H78N2O3/c1-45(51-29-31-54-56(42-51)65(7,8)35-33-63(54,3)4)40-47-21-25-49(26-22-47)58(71)44-53(62(75)70-38-15-12-14-37-68-60(73)20-17-19-59(72)67-11)18-13-16-39-69-61(74)50-27-23-48(24-28-50)41-46(2)52-30-32-55-57(43-52)66(9,10)36-34-64(55,5)6;1-12-13-15-34-62-56(65)49(40-54(63)45-22-18-43(19-23-45)36-41(2)47-26-28-50-52(38-47)59(8,9)32-30-57(50,4)5)17-14-16-35-61-55(64)46-24-20-44(21-25-46)37-42(3)48-27-29-51-53(39-48)60(10,11)33-31-58(51,6)7/h21-32,40-43,53H,12-20,33-39,44H2,1-11H3,(H,67,72)(H,68,73)(H,69,74)(H,70,75);18-29,36-39,49H,12-17,30-35,40H2,1-11H3,(H,61,64)(H,62,65)/b45-40+,46-41+;41-36+,42-37+. The predicted molar refractivity (Wildman–Crippen MR) is 584 cm³/mol. The van der Waals surface area contributed by atoms with Gasteiger partial charge in [-0.3, -0.25) is 38.4 Å². The number of carbonyl (C=O) groups is 8. The smallest absolute Gasteiger partial charge is 0.251 e. The van der Waals surface area contributed by atoms with E-state index in [2.05, 4.69) is 274 Å². The Morgan fingerprint density at radius 1 is 0.271 bits per heavy atom. The molecule has 6 amide bonds. The summed E-state index contributed by atoms with van der Waals surface area (Å²) in [6, 6.07) is 58.8. The molecule has 0 saturated carbocycles. The van der Waals surface area contributed by atoms with Gasteiger partial charge in [0.05, 0.1) is 0 Å². The highest BCUT2D eigenvalue weighted by Crippen LogP contribution is 2.51. The highest BCUT2D eigenvalue weighted by molar-refractivity contribution is 6.01. The molecule has 8 aromatic rings. The Balaban J connectivity index is 0.000000271. The van der Waals surface area contributed by atoms with Crippen LogP contribution in [0.2, 0.25) is 0 Å². The number of ketones is 2. The second-order valence-corrected chi connectivity index (χ2v) is 46.3. The minimum absolute atomic E-state index is 0.0250. The maximum absolute atomic E-state index is 13.9. The number of hydrogen-bond donors (Lipinski definition) is 6. The summed E-state index contributed by atoms with van der Waals surface area (Å²) in [7, 11) is 1.59. The lowest BCUT2D eigenvalue weighted by atomic mass is 9.63. The molecule has 0 fully saturated rings. The van der Waals surface area contributed by atoms with Gasteiger partial charge in [0.1, 0.15) is 0 Å². The highest BCUT2D eigenvalue weighted by Gasteiger charge is 2.42. The fourth-order valence-electron chi connectivity index (χ4n) is 21.0. The number of rotatable bonds is 42. The van der Waals surface area contributed by atoms with Crippen molar-refractivity contribution in [2.24, 2.45) is 11.8 Å². The molecule has 748 valence electrons. The van der Waals surface area contributed by atoms with Crippen molar-refractivity contribution >= 4 is 93.6 Å². The van der Waals surface area contributed by atoms with Crippen molar-refractivity contribution in [3.63, 3.8) is 0 Å². The first-order valence-corrected chi connectivity index (χ1v) is 52.6. The van der Waals surface area contributed by atoms with Crippen molar-refractivity contribution in [1.82, 2.24) is 31.9 Å². The predicted octanol–water partition coefficient (Wildman–Crippen LogP) is 28.2. The van der Waals surface area contributed by atoms with Gasteiger partial charge in [-0.05, 0) is 316 Å². The summed E-state index contributed by atoms with van der Waals surface area (Å²) < 4.78 is 0. The summed E-state index contributed by atoms with van der Waals surface area (Å²) in [5.74, 6) is -1.65. The fraction of sp³-hybridized carbons (Fsp3) is 0.492. The summed E-state index contributed by atoms with van der Waals surface area (Å²) in [5, 5.41) is 17.8. The van der Waals surface area contributed by atoms with Crippen LogP contribution in [0, 0.1) is 11.8 Å². The molecule has 0 aromatic heterocycles. The zero-order valence-corrected chi connectivity index (χ0v) is 89.1. The average molecular weight is 1890 g/mol. The van der Waals surface area contributed by atoms with Gasteiger partial charge in [-0.25, -0.2) is 0 Å². The summed E-state index contributed by atoms with van der Waals surface area (Å²) in [4.78, 5) is 105. The van der Waals surface area contributed by atoms with Gasteiger partial charge in [0.25, 0.3) is 11.8 Å². The number of fused-ring (bicyclic) bond motifs is 4. The third-order valence-corrected chi connectivity index (χ3v) is 31.4. The van der Waals surface area contributed by atoms with Crippen LogP contribution in [0.4, 0.5) is 0 Å². The lowest BCUT2D eigenvalue weighted by molar-refractivity contribution is -0.126. The molecule has 4 aliphatic carbocycles. The Kier molecular flexibility index (Phi) is 37.5. The Labute approximate surface area is 840 Å². The monoisotopic (exact) mass is 1890 g/mol. The van der Waals surface area contributed by atoms with Crippen molar-refractivity contribution < 1.29 is 38.4 Å². The van der Waals surface area contributed by atoms with Gasteiger partial charge in [0.2, 0.25) is 23.6 Å². The lowest BCUT2D eigenvalue weighted by Gasteiger charge is -2.42.